The number of carbonyl (C=O) groups is 1. The monoisotopic (exact) mass is 277 g/mol. The van der Waals surface area contributed by atoms with Crippen LogP contribution in [0.5, 0.6) is 0 Å². The second kappa shape index (κ2) is 5.54. The van der Waals surface area contributed by atoms with E-state index in [0.29, 0.717) is 12.5 Å². The van der Waals surface area contributed by atoms with E-state index in [1.165, 1.54) is 14.1 Å². The van der Waals surface area contributed by atoms with E-state index in [9.17, 15) is 13.2 Å². The summed E-state index contributed by atoms with van der Waals surface area (Å²) in [6.07, 6.45) is 1.57. The molecule has 0 saturated heterocycles. The van der Waals surface area contributed by atoms with Gasteiger partial charge in [0.05, 0.1) is 11.2 Å². The maximum Gasteiger partial charge on any atom is 0.227 e. The van der Waals surface area contributed by atoms with Crippen molar-refractivity contribution in [1.82, 2.24) is 9.62 Å². The minimum Gasteiger partial charge on any atom is -0.355 e. The normalized spacial score (nSPS) is 27.9. The van der Waals surface area contributed by atoms with Gasteiger partial charge in [0.1, 0.15) is 0 Å². The molecule has 0 bridgehead atoms. The summed E-state index contributed by atoms with van der Waals surface area (Å²) in [6, 6.07) is 0. The summed E-state index contributed by atoms with van der Waals surface area (Å²) in [7, 11) is -0.302. The average molecular weight is 277 g/mol. The number of carbonyl (C=O) groups excluding carboxylic acids is 1. The van der Waals surface area contributed by atoms with Crippen molar-refractivity contribution in [3.8, 4) is 0 Å². The predicted molar refractivity (Wildman–Crippen MR) is 70.4 cm³/mol. The van der Waals surface area contributed by atoms with Crippen LogP contribution in [0.2, 0.25) is 0 Å². The highest BCUT2D eigenvalue weighted by molar-refractivity contribution is 7.89. The molecule has 0 radical (unpaired) electrons. The first kappa shape index (κ1) is 15.4. The van der Waals surface area contributed by atoms with Crippen LogP contribution < -0.4 is 11.1 Å². The molecule has 1 amide bonds. The van der Waals surface area contributed by atoms with Crippen molar-refractivity contribution < 1.29 is 13.2 Å². The van der Waals surface area contributed by atoms with Gasteiger partial charge in [-0.2, -0.15) is 0 Å². The minimum absolute atomic E-state index is 0.0814. The summed E-state index contributed by atoms with van der Waals surface area (Å²) in [5, 5.41) is 2.68. The molecule has 0 heterocycles. The van der Waals surface area contributed by atoms with E-state index in [2.05, 4.69) is 12.2 Å². The highest BCUT2D eigenvalue weighted by Gasteiger charge is 2.46. The fraction of sp³-hybridized carbons (Fsp3) is 0.909. The molecule has 0 atom stereocenters. The average Bonchev–Trinajstić information content (AvgIpc) is 2.23. The van der Waals surface area contributed by atoms with Gasteiger partial charge in [0.2, 0.25) is 15.9 Å². The Balaban J connectivity index is 2.43. The molecule has 1 aliphatic rings. The van der Waals surface area contributed by atoms with Crippen molar-refractivity contribution >= 4 is 15.9 Å². The molecule has 106 valence electrons. The zero-order valence-electron chi connectivity index (χ0n) is 11.3. The van der Waals surface area contributed by atoms with E-state index in [1.54, 1.807) is 0 Å². The molecule has 0 aromatic carbocycles. The lowest BCUT2D eigenvalue weighted by atomic mass is 9.62. The lowest BCUT2D eigenvalue weighted by molar-refractivity contribution is -0.137. The van der Waals surface area contributed by atoms with Gasteiger partial charge in [0, 0.05) is 27.2 Å². The second-order valence-corrected chi connectivity index (χ2v) is 7.65. The zero-order valence-corrected chi connectivity index (χ0v) is 12.1. The summed E-state index contributed by atoms with van der Waals surface area (Å²) in [5.74, 6) is 0.323. The molecule has 1 saturated carbocycles. The Morgan fingerprint density at radius 2 is 2.00 bits per heavy atom. The lowest BCUT2D eigenvalue weighted by Gasteiger charge is -2.44. The molecule has 6 nitrogen and oxygen atoms in total. The first-order chi connectivity index (χ1) is 8.23. The van der Waals surface area contributed by atoms with Crippen LogP contribution in [0.1, 0.15) is 19.8 Å². The minimum atomic E-state index is -3.26. The van der Waals surface area contributed by atoms with Gasteiger partial charge in [0.25, 0.3) is 0 Å². The van der Waals surface area contributed by atoms with Crippen LogP contribution in [0.3, 0.4) is 0 Å². The van der Waals surface area contributed by atoms with Crippen LogP contribution in [-0.4, -0.2) is 51.6 Å². The number of hydrogen-bond acceptors (Lipinski definition) is 4. The Morgan fingerprint density at radius 3 is 2.39 bits per heavy atom. The van der Waals surface area contributed by atoms with E-state index in [-0.39, 0.29) is 18.2 Å². The molecule has 1 aliphatic carbocycles. The first-order valence-corrected chi connectivity index (χ1v) is 7.73. The fourth-order valence-corrected chi connectivity index (χ4v) is 3.11. The second-order valence-electron chi connectivity index (χ2n) is 5.35. The molecular weight excluding hydrogens is 254 g/mol. The first-order valence-electron chi connectivity index (χ1n) is 6.12. The van der Waals surface area contributed by atoms with E-state index in [0.717, 1.165) is 17.1 Å². The Bertz CT molecular complexity index is 400. The Morgan fingerprint density at radius 1 is 1.44 bits per heavy atom. The van der Waals surface area contributed by atoms with Gasteiger partial charge in [-0.3, -0.25) is 4.79 Å². The third-order valence-electron chi connectivity index (χ3n) is 3.55. The lowest BCUT2D eigenvalue weighted by Crippen LogP contribution is -2.54. The van der Waals surface area contributed by atoms with Crippen LogP contribution in [-0.2, 0) is 14.8 Å². The summed E-state index contributed by atoms with van der Waals surface area (Å²) in [5.41, 5.74) is 5.18. The maximum atomic E-state index is 12.0. The summed E-state index contributed by atoms with van der Waals surface area (Å²) in [6.45, 7) is 2.54. The van der Waals surface area contributed by atoms with Crippen LogP contribution in [0.15, 0.2) is 0 Å². The van der Waals surface area contributed by atoms with Crippen molar-refractivity contribution in [3.05, 3.63) is 0 Å². The SMILES string of the molecule is CC1CC(CN)(C(=O)NCCS(=O)(=O)N(C)C)C1. The van der Waals surface area contributed by atoms with Gasteiger partial charge >= 0.3 is 0 Å². The number of hydrogen-bond donors (Lipinski definition) is 2. The smallest absolute Gasteiger partial charge is 0.227 e. The largest absolute Gasteiger partial charge is 0.355 e. The van der Waals surface area contributed by atoms with Crippen molar-refractivity contribution in [2.75, 3.05) is 32.9 Å². The van der Waals surface area contributed by atoms with Gasteiger partial charge in [-0.25, -0.2) is 12.7 Å². The standard InChI is InChI=1S/C11H23N3O3S/c1-9-6-11(7-9,8-12)10(15)13-4-5-18(16,17)14(2)3/h9H,4-8,12H2,1-3H3,(H,13,15). The predicted octanol–water partition coefficient (Wildman–Crippen LogP) is -0.631. The molecule has 18 heavy (non-hydrogen) atoms. The molecule has 3 N–H and O–H groups in total. The van der Waals surface area contributed by atoms with Crippen molar-refractivity contribution in [1.29, 1.82) is 0 Å². The molecule has 1 rings (SSSR count). The quantitative estimate of drug-likeness (QED) is 0.676. The van der Waals surface area contributed by atoms with Gasteiger partial charge in [0.15, 0.2) is 0 Å². The molecule has 0 aromatic rings. The van der Waals surface area contributed by atoms with Crippen molar-refractivity contribution in [3.63, 3.8) is 0 Å². The van der Waals surface area contributed by atoms with Crippen molar-refractivity contribution in [2.45, 2.75) is 19.8 Å². The third-order valence-corrected chi connectivity index (χ3v) is 5.39. The molecule has 0 unspecified atom stereocenters. The van der Waals surface area contributed by atoms with Crippen LogP contribution in [0.25, 0.3) is 0 Å². The summed E-state index contributed by atoms with van der Waals surface area (Å²) in [4.78, 5) is 12.0. The van der Waals surface area contributed by atoms with Gasteiger partial charge in [-0.1, -0.05) is 6.92 Å². The number of nitrogens with two attached hydrogens (primary N) is 1. The number of sulfonamides is 1. The van der Waals surface area contributed by atoms with Gasteiger partial charge < -0.3 is 11.1 Å². The van der Waals surface area contributed by atoms with E-state index in [1.807, 2.05) is 0 Å². The Labute approximate surface area is 109 Å². The molecule has 0 aromatic heterocycles. The number of nitrogens with one attached hydrogen (secondary N) is 1. The van der Waals surface area contributed by atoms with Gasteiger partial charge in [-0.15, -0.1) is 0 Å². The van der Waals surface area contributed by atoms with Gasteiger partial charge in [-0.05, 0) is 18.8 Å². The summed E-state index contributed by atoms with van der Waals surface area (Å²) < 4.78 is 24.2. The van der Waals surface area contributed by atoms with Crippen LogP contribution in [0, 0.1) is 11.3 Å². The molecule has 0 spiro atoms. The van der Waals surface area contributed by atoms with E-state index in [4.69, 9.17) is 5.73 Å². The highest BCUT2D eigenvalue weighted by atomic mass is 32.2. The van der Waals surface area contributed by atoms with E-state index < -0.39 is 15.4 Å². The number of nitrogens with zero attached hydrogens (tertiary/aromatic N) is 1. The summed E-state index contributed by atoms with van der Waals surface area (Å²) >= 11 is 0. The van der Waals surface area contributed by atoms with Crippen LogP contribution in [0.4, 0.5) is 0 Å². The topological polar surface area (TPSA) is 92.5 Å². The molecular formula is C11H23N3O3S. The van der Waals surface area contributed by atoms with Crippen LogP contribution >= 0.6 is 0 Å². The fourth-order valence-electron chi connectivity index (χ4n) is 2.38. The Hall–Kier alpha value is -0.660. The molecule has 1 fully saturated rings. The highest BCUT2D eigenvalue weighted by Crippen LogP contribution is 2.44. The number of rotatable bonds is 6. The molecule has 0 aliphatic heterocycles. The van der Waals surface area contributed by atoms with E-state index >= 15 is 0 Å². The number of amides is 1. The van der Waals surface area contributed by atoms with Crippen molar-refractivity contribution in [2.24, 2.45) is 17.1 Å². The molecule has 7 heteroatoms. The Kier molecular flexibility index (Phi) is 4.74. The zero-order chi connectivity index (χ0) is 14.0. The maximum absolute atomic E-state index is 12.0. The third kappa shape index (κ3) is 3.21.